The largest absolute Gasteiger partial charge is 0.374 e. The molecule has 136 valence electrons. The highest BCUT2D eigenvalue weighted by Crippen LogP contribution is 2.40. The molecule has 1 aliphatic heterocycles. The molecule has 1 saturated heterocycles. The Morgan fingerprint density at radius 2 is 1.96 bits per heavy atom. The molecular formula is C18H25N3O4. The van der Waals surface area contributed by atoms with Gasteiger partial charge in [0.1, 0.15) is 5.69 Å². The number of nitro benzene ring substituents is 1. The minimum Gasteiger partial charge on any atom is -0.374 e. The van der Waals surface area contributed by atoms with E-state index in [-0.39, 0.29) is 29.3 Å². The second-order valence-electron chi connectivity index (χ2n) is 8.10. The normalized spacial score (nSPS) is 23.9. The van der Waals surface area contributed by atoms with Crippen LogP contribution in [0.3, 0.4) is 0 Å². The zero-order valence-corrected chi connectivity index (χ0v) is 15.1. The van der Waals surface area contributed by atoms with E-state index in [0.29, 0.717) is 11.3 Å². The second kappa shape index (κ2) is 5.98. The smallest absolute Gasteiger partial charge is 0.293 e. The van der Waals surface area contributed by atoms with Gasteiger partial charge in [0, 0.05) is 17.7 Å². The van der Waals surface area contributed by atoms with Crippen molar-refractivity contribution in [3.05, 3.63) is 33.9 Å². The molecule has 1 atom stereocenters. The fourth-order valence-electron chi connectivity index (χ4n) is 3.42. The van der Waals surface area contributed by atoms with E-state index in [0.717, 1.165) is 19.3 Å². The first-order chi connectivity index (χ1) is 11.6. The number of hydrogen-bond acceptors (Lipinski definition) is 5. The minimum atomic E-state index is -0.454. The van der Waals surface area contributed by atoms with Crippen molar-refractivity contribution in [1.29, 1.82) is 0 Å². The Labute approximate surface area is 147 Å². The molecule has 2 N–H and O–H groups in total. The number of benzene rings is 1. The number of anilines is 1. The van der Waals surface area contributed by atoms with Gasteiger partial charge >= 0.3 is 0 Å². The molecule has 3 rings (SSSR count). The maximum atomic E-state index is 12.1. The maximum Gasteiger partial charge on any atom is 0.293 e. The summed E-state index contributed by atoms with van der Waals surface area (Å²) in [7, 11) is 0. The van der Waals surface area contributed by atoms with Crippen molar-refractivity contribution in [3.8, 4) is 0 Å². The number of nitrogens with one attached hydrogen (secondary N) is 2. The first-order valence-corrected chi connectivity index (χ1v) is 8.63. The van der Waals surface area contributed by atoms with E-state index in [1.54, 1.807) is 12.1 Å². The second-order valence-corrected chi connectivity index (χ2v) is 8.10. The van der Waals surface area contributed by atoms with Crippen LogP contribution in [-0.4, -0.2) is 34.1 Å². The number of rotatable bonds is 5. The third-order valence-electron chi connectivity index (χ3n) is 4.77. The predicted molar refractivity (Wildman–Crippen MR) is 94.9 cm³/mol. The number of amides is 1. The Bertz CT molecular complexity index is 710. The van der Waals surface area contributed by atoms with Crippen molar-refractivity contribution < 1.29 is 14.5 Å². The third kappa shape index (κ3) is 3.92. The molecule has 0 bridgehead atoms. The quantitative estimate of drug-likeness (QED) is 0.630. The number of nitro groups is 1. The SMILES string of the molecule is CC1(C)CC(Nc2ccc(C(=O)NC3CC3)cc2[N+](=O)[O-])C(C)(C)O1. The predicted octanol–water partition coefficient (Wildman–Crippen LogP) is 3.25. The topological polar surface area (TPSA) is 93.5 Å². The highest BCUT2D eigenvalue weighted by molar-refractivity contribution is 5.96. The summed E-state index contributed by atoms with van der Waals surface area (Å²) in [5.41, 5.74) is -0.109. The minimum absolute atomic E-state index is 0.0626. The van der Waals surface area contributed by atoms with Gasteiger partial charge in [0.05, 0.1) is 22.2 Å². The molecule has 0 radical (unpaired) electrons. The van der Waals surface area contributed by atoms with Gasteiger partial charge in [-0.15, -0.1) is 0 Å². The highest BCUT2D eigenvalue weighted by Gasteiger charge is 2.46. The highest BCUT2D eigenvalue weighted by atomic mass is 16.6. The van der Waals surface area contributed by atoms with E-state index in [9.17, 15) is 14.9 Å². The molecule has 1 unspecified atom stereocenters. The molecule has 7 nitrogen and oxygen atoms in total. The summed E-state index contributed by atoms with van der Waals surface area (Å²) in [5.74, 6) is -0.261. The summed E-state index contributed by atoms with van der Waals surface area (Å²) in [6, 6.07) is 4.73. The fourth-order valence-corrected chi connectivity index (χ4v) is 3.42. The Balaban J connectivity index is 1.83. The summed E-state index contributed by atoms with van der Waals surface area (Å²) < 4.78 is 6.04. The molecule has 25 heavy (non-hydrogen) atoms. The lowest BCUT2D eigenvalue weighted by Gasteiger charge is -2.28. The van der Waals surface area contributed by atoms with Crippen LogP contribution in [0.25, 0.3) is 0 Å². The molecule has 1 aromatic carbocycles. The van der Waals surface area contributed by atoms with Crippen molar-refractivity contribution in [2.75, 3.05) is 5.32 Å². The zero-order valence-electron chi connectivity index (χ0n) is 15.1. The van der Waals surface area contributed by atoms with Crippen molar-refractivity contribution in [2.24, 2.45) is 0 Å². The van der Waals surface area contributed by atoms with Crippen LogP contribution < -0.4 is 10.6 Å². The molecule has 7 heteroatoms. The molecule has 0 aromatic heterocycles. The molecule has 1 aromatic rings. The van der Waals surface area contributed by atoms with Gasteiger partial charge in [-0.25, -0.2) is 0 Å². The van der Waals surface area contributed by atoms with E-state index < -0.39 is 10.5 Å². The molecule has 1 saturated carbocycles. The van der Waals surface area contributed by atoms with Crippen LogP contribution in [-0.2, 0) is 4.74 Å². The average Bonchev–Trinajstić information content (AvgIpc) is 3.25. The van der Waals surface area contributed by atoms with Gasteiger partial charge in [-0.2, -0.15) is 0 Å². The van der Waals surface area contributed by atoms with Crippen molar-refractivity contribution in [2.45, 2.75) is 70.2 Å². The van der Waals surface area contributed by atoms with E-state index in [1.807, 2.05) is 27.7 Å². The van der Waals surface area contributed by atoms with Gasteiger partial charge in [0.15, 0.2) is 0 Å². The van der Waals surface area contributed by atoms with Gasteiger partial charge in [-0.1, -0.05) is 0 Å². The van der Waals surface area contributed by atoms with E-state index in [4.69, 9.17) is 4.74 Å². The molecule has 2 aliphatic rings. The lowest BCUT2D eigenvalue weighted by Crippen LogP contribution is -2.38. The van der Waals surface area contributed by atoms with Gasteiger partial charge in [-0.3, -0.25) is 14.9 Å². The molecule has 0 spiro atoms. The van der Waals surface area contributed by atoms with Crippen LogP contribution in [0.15, 0.2) is 18.2 Å². The van der Waals surface area contributed by atoms with Crippen molar-refractivity contribution in [1.82, 2.24) is 5.32 Å². The maximum absolute atomic E-state index is 12.1. The molecule has 1 heterocycles. The fraction of sp³-hybridized carbons (Fsp3) is 0.611. The van der Waals surface area contributed by atoms with Gasteiger partial charge in [-0.05, 0) is 59.1 Å². The van der Waals surface area contributed by atoms with Crippen LogP contribution in [0.5, 0.6) is 0 Å². The Morgan fingerprint density at radius 1 is 1.28 bits per heavy atom. The number of carbonyl (C=O) groups excluding carboxylic acids is 1. The summed E-state index contributed by atoms with van der Waals surface area (Å²) in [6.45, 7) is 7.97. The van der Waals surface area contributed by atoms with Crippen molar-refractivity contribution in [3.63, 3.8) is 0 Å². The number of hydrogen-bond donors (Lipinski definition) is 2. The summed E-state index contributed by atoms with van der Waals surface area (Å²) in [6.07, 6.45) is 2.68. The van der Waals surface area contributed by atoms with Crippen LogP contribution in [0.4, 0.5) is 11.4 Å². The lowest BCUT2D eigenvalue weighted by atomic mass is 9.94. The third-order valence-corrected chi connectivity index (χ3v) is 4.77. The molecule has 1 amide bonds. The van der Waals surface area contributed by atoms with E-state index in [1.165, 1.54) is 6.07 Å². The Kier molecular flexibility index (Phi) is 4.23. The molecular weight excluding hydrogens is 322 g/mol. The summed E-state index contributed by atoms with van der Waals surface area (Å²) >= 11 is 0. The molecule has 1 aliphatic carbocycles. The van der Waals surface area contributed by atoms with Crippen LogP contribution >= 0.6 is 0 Å². The lowest BCUT2D eigenvalue weighted by molar-refractivity contribution is -0.384. The van der Waals surface area contributed by atoms with Crippen LogP contribution in [0, 0.1) is 10.1 Å². The van der Waals surface area contributed by atoms with Crippen LogP contribution in [0.2, 0.25) is 0 Å². The number of carbonyl (C=O) groups is 1. The van der Waals surface area contributed by atoms with Crippen LogP contribution in [0.1, 0.15) is 57.3 Å². The first kappa shape index (κ1) is 17.7. The Hall–Kier alpha value is -2.15. The van der Waals surface area contributed by atoms with Gasteiger partial charge in [0.2, 0.25) is 0 Å². The average molecular weight is 347 g/mol. The molecule has 2 fully saturated rings. The van der Waals surface area contributed by atoms with Crippen molar-refractivity contribution >= 4 is 17.3 Å². The summed E-state index contributed by atoms with van der Waals surface area (Å²) in [4.78, 5) is 23.2. The first-order valence-electron chi connectivity index (χ1n) is 8.63. The monoisotopic (exact) mass is 347 g/mol. The van der Waals surface area contributed by atoms with Gasteiger partial charge < -0.3 is 15.4 Å². The Morgan fingerprint density at radius 3 is 2.48 bits per heavy atom. The standard InChI is InChI=1S/C18H25N3O4/c1-17(2)10-15(18(3,4)25-17)20-13-8-5-11(9-14(13)21(23)24)16(22)19-12-6-7-12/h5,8-9,12,15,20H,6-7,10H2,1-4H3,(H,19,22). The van der Waals surface area contributed by atoms with E-state index >= 15 is 0 Å². The van der Waals surface area contributed by atoms with E-state index in [2.05, 4.69) is 10.6 Å². The number of nitrogens with zero attached hydrogens (tertiary/aromatic N) is 1. The van der Waals surface area contributed by atoms with Gasteiger partial charge in [0.25, 0.3) is 11.6 Å². The summed E-state index contributed by atoms with van der Waals surface area (Å²) in [5, 5.41) is 17.6. The zero-order chi connectivity index (χ0) is 18.4. The number of ether oxygens (including phenoxy) is 1.